The molecule has 0 aromatic heterocycles. The van der Waals surface area contributed by atoms with Gasteiger partial charge in [-0.25, -0.2) is 0 Å². The highest BCUT2D eigenvalue weighted by Crippen LogP contribution is 2.18. The van der Waals surface area contributed by atoms with E-state index in [1.807, 2.05) is 76.2 Å². The van der Waals surface area contributed by atoms with Gasteiger partial charge in [0.15, 0.2) is 6.29 Å². The van der Waals surface area contributed by atoms with Crippen molar-refractivity contribution in [1.82, 2.24) is 0 Å². The Bertz CT molecular complexity index is 450. The summed E-state index contributed by atoms with van der Waals surface area (Å²) in [6.07, 6.45) is -0.686. The summed E-state index contributed by atoms with van der Waals surface area (Å²) in [4.78, 5) is 0. The van der Waals surface area contributed by atoms with Crippen LogP contribution in [0.5, 0.6) is 0 Å². The van der Waals surface area contributed by atoms with Crippen LogP contribution in [-0.2, 0) is 6.42 Å². The van der Waals surface area contributed by atoms with Gasteiger partial charge in [-0.3, -0.25) is 0 Å². The van der Waals surface area contributed by atoms with Gasteiger partial charge in [0.1, 0.15) is 0 Å². The molecule has 2 N–H and O–H groups in total. The normalized spacial score (nSPS) is 9.15. The molecule has 2 aromatic rings. The highest BCUT2D eigenvalue weighted by molar-refractivity contribution is 5.33. The molecule has 2 nitrogen and oxygen atoms in total. The molecular formula is C18H26O2. The molecule has 0 spiro atoms. The van der Waals surface area contributed by atoms with E-state index in [0.29, 0.717) is 12.0 Å². The van der Waals surface area contributed by atoms with Crippen LogP contribution in [0.3, 0.4) is 0 Å². The van der Waals surface area contributed by atoms with Crippen molar-refractivity contribution in [2.45, 2.75) is 40.4 Å². The first-order valence-electron chi connectivity index (χ1n) is 7.25. The second-order valence-electron chi connectivity index (χ2n) is 3.73. The quantitative estimate of drug-likeness (QED) is 0.819. The summed E-state index contributed by atoms with van der Waals surface area (Å²) in [5.41, 5.74) is 2.69. The Hall–Kier alpha value is -1.64. The number of aliphatic hydroxyl groups is 2. The minimum Gasteiger partial charge on any atom is -0.364 e. The maximum absolute atomic E-state index is 9.24. The molecular weight excluding hydrogens is 248 g/mol. The van der Waals surface area contributed by atoms with Crippen LogP contribution in [0.25, 0.3) is 0 Å². The third-order valence-corrected chi connectivity index (χ3v) is 2.57. The molecule has 0 atom stereocenters. The Morgan fingerprint density at radius 1 is 0.750 bits per heavy atom. The molecule has 0 amide bonds. The van der Waals surface area contributed by atoms with Gasteiger partial charge in [0, 0.05) is 5.56 Å². The van der Waals surface area contributed by atoms with Crippen molar-refractivity contribution < 1.29 is 10.2 Å². The minimum absolute atomic E-state index is 0.575. The maximum Gasteiger partial charge on any atom is 0.178 e. The Morgan fingerprint density at radius 2 is 1.25 bits per heavy atom. The van der Waals surface area contributed by atoms with Crippen LogP contribution in [-0.4, -0.2) is 10.2 Å². The van der Waals surface area contributed by atoms with Gasteiger partial charge in [0.25, 0.3) is 0 Å². The highest BCUT2D eigenvalue weighted by atomic mass is 16.5. The molecule has 2 rings (SSSR count). The van der Waals surface area contributed by atoms with Gasteiger partial charge >= 0.3 is 0 Å². The topological polar surface area (TPSA) is 40.5 Å². The minimum atomic E-state index is -1.40. The molecule has 0 bridgehead atoms. The van der Waals surface area contributed by atoms with E-state index in [2.05, 4.69) is 0 Å². The van der Waals surface area contributed by atoms with Crippen molar-refractivity contribution in [1.29, 1.82) is 0 Å². The van der Waals surface area contributed by atoms with E-state index >= 15 is 0 Å². The molecule has 0 aliphatic carbocycles. The number of hydrogen-bond donors (Lipinski definition) is 2. The van der Waals surface area contributed by atoms with E-state index in [-0.39, 0.29) is 0 Å². The fraction of sp³-hybridized carbons (Fsp3) is 0.333. The molecule has 110 valence electrons. The van der Waals surface area contributed by atoms with E-state index in [4.69, 9.17) is 0 Å². The van der Waals surface area contributed by atoms with Crippen LogP contribution in [0, 0.1) is 0 Å². The molecule has 2 heteroatoms. The van der Waals surface area contributed by atoms with Crippen molar-refractivity contribution in [3.63, 3.8) is 0 Å². The number of rotatable bonds is 3. The predicted molar refractivity (Wildman–Crippen MR) is 85.6 cm³/mol. The molecule has 2 aromatic carbocycles. The Balaban J connectivity index is 0.000000829. The average Bonchev–Trinajstić information content (AvgIpc) is 2.52. The summed E-state index contributed by atoms with van der Waals surface area (Å²) < 4.78 is 0. The molecule has 0 aliphatic heterocycles. The average molecular weight is 274 g/mol. The van der Waals surface area contributed by atoms with Crippen LogP contribution in [0.1, 0.15) is 50.7 Å². The lowest BCUT2D eigenvalue weighted by Gasteiger charge is -2.10. The van der Waals surface area contributed by atoms with Crippen molar-refractivity contribution in [2.24, 2.45) is 0 Å². The molecule has 0 saturated carbocycles. The first kappa shape index (κ1) is 18.4. The van der Waals surface area contributed by atoms with Gasteiger partial charge in [0.05, 0.1) is 0 Å². The summed E-state index contributed by atoms with van der Waals surface area (Å²) in [5, 5.41) is 18.5. The summed E-state index contributed by atoms with van der Waals surface area (Å²) in [5.74, 6) is 0. The van der Waals surface area contributed by atoms with Crippen LogP contribution >= 0.6 is 0 Å². The molecule has 0 unspecified atom stereocenters. The molecule has 0 saturated heterocycles. The second kappa shape index (κ2) is 11.2. The SMILES string of the molecule is CC.CC.OC(O)c1ccccc1Cc1ccccc1. The zero-order chi connectivity index (χ0) is 15.4. The summed E-state index contributed by atoms with van der Waals surface area (Å²) in [6.45, 7) is 8.00. The van der Waals surface area contributed by atoms with E-state index in [0.717, 1.165) is 11.1 Å². The van der Waals surface area contributed by atoms with Crippen molar-refractivity contribution >= 4 is 0 Å². The van der Waals surface area contributed by atoms with Gasteiger partial charge in [-0.05, 0) is 17.5 Å². The fourth-order valence-corrected chi connectivity index (χ4v) is 1.76. The molecule has 0 heterocycles. The largest absolute Gasteiger partial charge is 0.364 e. The molecule has 0 radical (unpaired) electrons. The van der Waals surface area contributed by atoms with Crippen molar-refractivity contribution in [3.05, 3.63) is 71.3 Å². The number of benzene rings is 2. The summed E-state index contributed by atoms with van der Waals surface area (Å²) in [6, 6.07) is 17.4. The maximum atomic E-state index is 9.24. The van der Waals surface area contributed by atoms with Crippen LogP contribution in [0.2, 0.25) is 0 Å². The second-order valence-corrected chi connectivity index (χ2v) is 3.73. The zero-order valence-corrected chi connectivity index (χ0v) is 12.9. The third-order valence-electron chi connectivity index (χ3n) is 2.57. The zero-order valence-electron chi connectivity index (χ0n) is 12.9. The lowest BCUT2D eigenvalue weighted by Crippen LogP contribution is -2.01. The Kier molecular flexibility index (Phi) is 10.3. The molecule has 0 fully saturated rings. The fourth-order valence-electron chi connectivity index (χ4n) is 1.76. The number of aliphatic hydroxyl groups excluding tert-OH is 1. The lowest BCUT2D eigenvalue weighted by atomic mass is 9.99. The standard InChI is InChI=1S/C14H14O2.2C2H6/c15-14(16)13-9-5-4-8-12(13)10-11-6-2-1-3-7-11;2*1-2/h1-9,14-16H,10H2;2*1-2H3. The van der Waals surface area contributed by atoms with Gasteiger partial charge < -0.3 is 10.2 Å². The van der Waals surface area contributed by atoms with Crippen LogP contribution in [0.4, 0.5) is 0 Å². The number of hydrogen-bond acceptors (Lipinski definition) is 2. The van der Waals surface area contributed by atoms with Gasteiger partial charge in [-0.2, -0.15) is 0 Å². The van der Waals surface area contributed by atoms with E-state index in [9.17, 15) is 10.2 Å². The van der Waals surface area contributed by atoms with E-state index < -0.39 is 6.29 Å². The Labute approximate surface area is 122 Å². The van der Waals surface area contributed by atoms with Crippen LogP contribution < -0.4 is 0 Å². The van der Waals surface area contributed by atoms with Gasteiger partial charge in [-0.15, -0.1) is 0 Å². The first-order valence-corrected chi connectivity index (χ1v) is 7.25. The lowest BCUT2D eigenvalue weighted by molar-refractivity contribution is -0.0430. The summed E-state index contributed by atoms with van der Waals surface area (Å²) in [7, 11) is 0. The van der Waals surface area contributed by atoms with Gasteiger partial charge in [0.2, 0.25) is 0 Å². The van der Waals surface area contributed by atoms with Crippen molar-refractivity contribution in [2.75, 3.05) is 0 Å². The molecule has 20 heavy (non-hydrogen) atoms. The van der Waals surface area contributed by atoms with Crippen molar-refractivity contribution in [3.8, 4) is 0 Å². The third kappa shape index (κ3) is 6.00. The summed E-state index contributed by atoms with van der Waals surface area (Å²) >= 11 is 0. The first-order chi connectivity index (χ1) is 9.77. The van der Waals surface area contributed by atoms with Crippen LogP contribution in [0.15, 0.2) is 54.6 Å². The molecule has 0 aliphatic rings. The van der Waals surface area contributed by atoms with E-state index in [1.54, 1.807) is 6.07 Å². The predicted octanol–water partition coefficient (Wildman–Crippen LogP) is 4.31. The van der Waals surface area contributed by atoms with E-state index in [1.165, 1.54) is 0 Å². The smallest absolute Gasteiger partial charge is 0.178 e. The van der Waals surface area contributed by atoms with Gasteiger partial charge in [-0.1, -0.05) is 82.3 Å². The highest BCUT2D eigenvalue weighted by Gasteiger charge is 2.08. The monoisotopic (exact) mass is 274 g/mol. The Morgan fingerprint density at radius 3 is 1.80 bits per heavy atom.